The minimum absolute atomic E-state index is 0.0815. The van der Waals surface area contributed by atoms with Gasteiger partial charge in [-0.3, -0.25) is 14.9 Å². The topological polar surface area (TPSA) is 93.3 Å². The van der Waals surface area contributed by atoms with E-state index in [9.17, 15) is 36.9 Å². The van der Waals surface area contributed by atoms with Crippen molar-refractivity contribution in [2.45, 2.75) is 19.0 Å². The molecule has 0 saturated heterocycles. The molecule has 0 fully saturated rings. The van der Waals surface area contributed by atoms with E-state index in [1.54, 1.807) is 0 Å². The smallest absolute Gasteiger partial charge is 0.423 e. The maximum Gasteiger partial charge on any atom is 0.423 e. The Kier molecular flexibility index (Phi) is 4.20. The fourth-order valence-corrected chi connectivity index (χ4v) is 1.42. The Labute approximate surface area is 107 Å². The summed E-state index contributed by atoms with van der Waals surface area (Å²) in [5, 5.41) is 19.0. The Morgan fingerprint density at radius 1 is 1.45 bits per heavy atom. The quantitative estimate of drug-likeness (QED) is 0.524. The van der Waals surface area contributed by atoms with Crippen LogP contribution < -0.4 is 0 Å². The Balaban J connectivity index is 3.64. The molecule has 0 bridgehead atoms. The number of carboxylic acids is 1. The molecule has 110 valence electrons. The summed E-state index contributed by atoms with van der Waals surface area (Å²) in [4.78, 5) is 22.2. The number of alkyl halides is 5. The van der Waals surface area contributed by atoms with E-state index in [2.05, 4.69) is 4.98 Å². The molecule has 0 spiro atoms. The first-order valence-electron chi connectivity index (χ1n) is 4.79. The minimum atomic E-state index is -5.29. The van der Waals surface area contributed by atoms with E-state index in [1.165, 1.54) is 0 Å². The molecule has 0 aliphatic rings. The Bertz CT molecular complexity index is 558. The van der Waals surface area contributed by atoms with E-state index < -0.39 is 52.6 Å². The number of aromatic nitrogens is 1. The van der Waals surface area contributed by atoms with Gasteiger partial charge in [0.05, 0.1) is 17.0 Å². The first-order valence-corrected chi connectivity index (χ1v) is 4.79. The van der Waals surface area contributed by atoms with Crippen molar-refractivity contribution in [2.75, 3.05) is 0 Å². The average Bonchev–Trinajstić information content (AvgIpc) is 2.25. The highest BCUT2D eigenvalue weighted by molar-refractivity contribution is 5.70. The number of carboxylic acid groups (broad SMARTS) is 1. The summed E-state index contributed by atoms with van der Waals surface area (Å²) in [6.07, 6.45) is -10.0. The van der Waals surface area contributed by atoms with Gasteiger partial charge < -0.3 is 5.11 Å². The zero-order valence-corrected chi connectivity index (χ0v) is 9.32. The number of nitrogens with zero attached hydrogens (tertiary/aromatic N) is 2. The van der Waals surface area contributed by atoms with Gasteiger partial charge in [0, 0.05) is 0 Å². The van der Waals surface area contributed by atoms with E-state index in [1.807, 2.05) is 0 Å². The zero-order valence-electron chi connectivity index (χ0n) is 9.32. The zero-order chi connectivity index (χ0) is 15.7. The second-order valence-corrected chi connectivity index (χ2v) is 3.52. The third kappa shape index (κ3) is 3.36. The third-order valence-electron chi connectivity index (χ3n) is 2.10. The molecule has 6 nitrogen and oxygen atoms in total. The van der Waals surface area contributed by atoms with Gasteiger partial charge in [-0.1, -0.05) is 0 Å². The van der Waals surface area contributed by atoms with E-state index in [-0.39, 0.29) is 6.07 Å². The highest BCUT2D eigenvalue weighted by Gasteiger charge is 2.42. The predicted octanol–water partition coefficient (Wildman–Crippen LogP) is 2.57. The Morgan fingerprint density at radius 3 is 2.35 bits per heavy atom. The second kappa shape index (κ2) is 5.35. The lowest BCUT2D eigenvalue weighted by Crippen LogP contribution is -2.15. The lowest BCUT2D eigenvalue weighted by molar-refractivity contribution is -0.389. The Hall–Kier alpha value is -2.33. The van der Waals surface area contributed by atoms with E-state index in [0.717, 1.165) is 0 Å². The normalized spacial score (nSPS) is 11.7. The van der Waals surface area contributed by atoms with Crippen LogP contribution in [0.25, 0.3) is 0 Å². The molecule has 0 aromatic carbocycles. The Morgan fingerprint density at radius 2 is 2.00 bits per heavy atom. The minimum Gasteiger partial charge on any atom is -0.481 e. The molecule has 0 aliphatic heterocycles. The van der Waals surface area contributed by atoms with Crippen molar-refractivity contribution in [3.8, 4) is 0 Å². The third-order valence-corrected chi connectivity index (χ3v) is 2.10. The summed E-state index contributed by atoms with van der Waals surface area (Å²) >= 11 is 0. The second-order valence-electron chi connectivity index (χ2n) is 3.52. The first kappa shape index (κ1) is 15.7. The first-order chi connectivity index (χ1) is 9.04. The molecule has 0 unspecified atom stereocenters. The predicted molar refractivity (Wildman–Crippen MR) is 52.2 cm³/mol. The van der Waals surface area contributed by atoms with Crippen LogP contribution in [0.4, 0.5) is 27.6 Å². The number of aliphatic carboxylic acids is 1. The molecule has 1 aromatic heterocycles. The molecule has 11 heteroatoms. The molecule has 0 radical (unpaired) electrons. The number of pyridine rings is 1. The summed E-state index contributed by atoms with van der Waals surface area (Å²) < 4.78 is 63.1. The van der Waals surface area contributed by atoms with Crippen LogP contribution in [0.5, 0.6) is 0 Å². The van der Waals surface area contributed by atoms with Crippen LogP contribution >= 0.6 is 0 Å². The maximum absolute atomic E-state index is 12.6. The SMILES string of the molecule is O=C(O)Cc1cc(C(F)(F)F)c([N+](=O)[O-])c(C(F)F)n1. The van der Waals surface area contributed by atoms with Crippen molar-refractivity contribution in [2.24, 2.45) is 0 Å². The van der Waals surface area contributed by atoms with Crippen LogP contribution in [0.2, 0.25) is 0 Å². The van der Waals surface area contributed by atoms with E-state index in [0.29, 0.717) is 0 Å². The molecule has 0 aliphatic carbocycles. The molecule has 20 heavy (non-hydrogen) atoms. The van der Waals surface area contributed by atoms with Crippen LogP contribution in [0.15, 0.2) is 6.07 Å². The van der Waals surface area contributed by atoms with Crippen molar-refractivity contribution >= 4 is 11.7 Å². The van der Waals surface area contributed by atoms with Crippen molar-refractivity contribution in [3.05, 3.63) is 33.1 Å². The number of hydrogen-bond acceptors (Lipinski definition) is 4. The van der Waals surface area contributed by atoms with Gasteiger partial charge >= 0.3 is 17.8 Å². The van der Waals surface area contributed by atoms with E-state index in [4.69, 9.17) is 5.11 Å². The summed E-state index contributed by atoms with van der Waals surface area (Å²) in [7, 11) is 0. The number of hydrogen-bond donors (Lipinski definition) is 1. The van der Waals surface area contributed by atoms with Crippen molar-refractivity contribution in [3.63, 3.8) is 0 Å². The molecule has 1 aromatic rings. The van der Waals surface area contributed by atoms with Gasteiger partial charge in [-0.25, -0.2) is 13.8 Å². The van der Waals surface area contributed by atoms with Gasteiger partial charge in [0.15, 0.2) is 5.69 Å². The molecule has 0 atom stereocenters. The van der Waals surface area contributed by atoms with Gasteiger partial charge in [-0.2, -0.15) is 13.2 Å². The molecule has 1 N–H and O–H groups in total. The summed E-state index contributed by atoms with van der Waals surface area (Å²) in [6.45, 7) is 0. The molecule has 0 amide bonds. The van der Waals surface area contributed by atoms with Crippen molar-refractivity contribution in [1.82, 2.24) is 4.98 Å². The van der Waals surface area contributed by atoms with Crippen LogP contribution in [-0.4, -0.2) is 21.0 Å². The molecule has 0 saturated carbocycles. The molecular weight excluding hydrogens is 295 g/mol. The number of nitro groups is 1. The van der Waals surface area contributed by atoms with Crippen LogP contribution in [-0.2, 0) is 17.4 Å². The lowest BCUT2D eigenvalue weighted by Gasteiger charge is -2.11. The summed E-state index contributed by atoms with van der Waals surface area (Å²) in [6, 6.07) is 0.0815. The van der Waals surface area contributed by atoms with Crippen LogP contribution in [0, 0.1) is 10.1 Å². The highest BCUT2D eigenvalue weighted by atomic mass is 19.4. The fourth-order valence-electron chi connectivity index (χ4n) is 1.42. The van der Waals surface area contributed by atoms with Gasteiger partial charge in [-0.15, -0.1) is 0 Å². The molecule has 1 rings (SSSR count). The van der Waals surface area contributed by atoms with Crippen molar-refractivity contribution in [1.29, 1.82) is 0 Å². The number of carbonyl (C=O) groups is 1. The monoisotopic (exact) mass is 300 g/mol. The largest absolute Gasteiger partial charge is 0.481 e. The lowest BCUT2D eigenvalue weighted by atomic mass is 10.1. The summed E-state index contributed by atoms with van der Waals surface area (Å²) in [5.74, 6) is -1.61. The van der Waals surface area contributed by atoms with E-state index >= 15 is 0 Å². The number of rotatable bonds is 4. The maximum atomic E-state index is 12.6. The van der Waals surface area contributed by atoms with Gasteiger partial charge in [-0.05, 0) is 6.07 Å². The van der Waals surface area contributed by atoms with Crippen LogP contribution in [0.1, 0.15) is 23.4 Å². The summed E-state index contributed by atoms with van der Waals surface area (Å²) in [5.41, 5.74) is -6.38. The van der Waals surface area contributed by atoms with Crippen molar-refractivity contribution < 1.29 is 36.8 Å². The fraction of sp³-hybridized carbons (Fsp3) is 0.333. The van der Waals surface area contributed by atoms with Crippen LogP contribution in [0.3, 0.4) is 0 Å². The van der Waals surface area contributed by atoms with Gasteiger partial charge in [0.25, 0.3) is 6.43 Å². The highest BCUT2D eigenvalue weighted by Crippen LogP contribution is 2.40. The van der Waals surface area contributed by atoms with Gasteiger partial charge in [0.1, 0.15) is 5.56 Å². The average molecular weight is 300 g/mol. The number of halogens is 5. The standard InChI is InChI=1S/C9H5F5N2O4/c10-8(11)6-7(16(19)20)4(9(12,13)14)1-3(15-6)2-5(17)18/h1,8H,2H2,(H,17,18). The molecule has 1 heterocycles. The molecular formula is C9H5F5N2O4. The van der Waals surface area contributed by atoms with Gasteiger partial charge in [0.2, 0.25) is 0 Å².